The van der Waals surface area contributed by atoms with Crippen LogP contribution < -0.4 is 10.2 Å². The summed E-state index contributed by atoms with van der Waals surface area (Å²) in [6, 6.07) is 4.27. The molecule has 0 spiro atoms. The molecule has 1 N–H and O–H groups in total. The van der Waals surface area contributed by atoms with Crippen LogP contribution in [0.4, 0.5) is 5.82 Å². The average molecular weight is 273 g/mol. The van der Waals surface area contributed by atoms with Gasteiger partial charge in [-0.15, -0.1) is 0 Å². The van der Waals surface area contributed by atoms with E-state index in [1.165, 1.54) is 43.7 Å². The zero-order valence-electron chi connectivity index (χ0n) is 13.0. The number of anilines is 1. The topological polar surface area (TPSA) is 28.2 Å². The number of hydrogen-bond acceptors (Lipinski definition) is 3. The Labute approximate surface area is 122 Å². The third-order valence-corrected chi connectivity index (χ3v) is 4.70. The molecule has 2 heterocycles. The number of nitrogens with one attached hydrogen (secondary N) is 1. The summed E-state index contributed by atoms with van der Waals surface area (Å²) in [4.78, 5) is 7.20. The summed E-state index contributed by atoms with van der Waals surface area (Å²) in [5, 5.41) is 3.59. The van der Waals surface area contributed by atoms with E-state index < -0.39 is 0 Å². The van der Waals surface area contributed by atoms with Crippen LogP contribution in [0.3, 0.4) is 0 Å². The first-order valence-electron chi connectivity index (χ1n) is 7.97. The van der Waals surface area contributed by atoms with Crippen molar-refractivity contribution in [3.63, 3.8) is 0 Å². The molecule has 20 heavy (non-hydrogen) atoms. The molecule has 3 rings (SSSR count). The first-order chi connectivity index (χ1) is 9.53. The maximum atomic E-state index is 4.67. The predicted octanol–water partition coefficient (Wildman–Crippen LogP) is 3.21. The van der Waals surface area contributed by atoms with E-state index in [9.17, 15) is 0 Å². The molecule has 2 atom stereocenters. The highest BCUT2D eigenvalue weighted by atomic mass is 15.2. The summed E-state index contributed by atoms with van der Waals surface area (Å²) in [5.41, 5.74) is 1.48. The molecule has 1 saturated carbocycles. The molecular formula is C17H27N3. The van der Waals surface area contributed by atoms with Gasteiger partial charge in [-0.05, 0) is 51.5 Å². The molecule has 1 saturated heterocycles. The maximum absolute atomic E-state index is 4.67. The molecular weight excluding hydrogens is 246 g/mol. The lowest BCUT2D eigenvalue weighted by Crippen LogP contribution is -2.35. The van der Waals surface area contributed by atoms with Crippen LogP contribution in [-0.4, -0.2) is 23.6 Å². The largest absolute Gasteiger partial charge is 0.356 e. The first kappa shape index (κ1) is 13.9. The normalized spacial score (nSPS) is 26.1. The summed E-state index contributed by atoms with van der Waals surface area (Å²) in [6.07, 6.45) is 6.21. The molecule has 1 aromatic heterocycles. The predicted molar refractivity (Wildman–Crippen MR) is 83.9 cm³/mol. The van der Waals surface area contributed by atoms with Gasteiger partial charge in [0.25, 0.3) is 0 Å². The van der Waals surface area contributed by atoms with Crippen molar-refractivity contribution in [2.24, 2.45) is 11.8 Å². The summed E-state index contributed by atoms with van der Waals surface area (Å²) in [5.74, 6) is 3.04. The molecule has 2 aliphatic rings. The van der Waals surface area contributed by atoms with Crippen LogP contribution in [0, 0.1) is 11.8 Å². The van der Waals surface area contributed by atoms with Crippen molar-refractivity contribution in [3.05, 3.63) is 23.9 Å². The Morgan fingerprint density at radius 3 is 2.60 bits per heavy atom. The SMILES string of the molecule is CC(C)(C)NCc1cccnc1N1CC2CCCC2C1. The van der Waals surface area contributed by atoms with Crippen molar-refractivity contribution in [1.29, 1.82) is 0 Å². The lowest BCUT2D eigenvalue weighted by molar-refractivity contribution is 0.424. The van der Waals surface area contributed by atoms with Crippen LogP contribution >= 0.6 is 0 Å². The van der Waals surface area contributed by atoms with Crippen LogP contribution in [0.15, 0.2) is 18.3 Å². The molecule has 1 aliphatic heterocycles. The quantitative estimate of drug-likeness (QED) is 0.916. The Hall–Kier alpha value is -1.09. The van der Waals surface area contributed by atoms with E-state index in [1.807, 2.05) is 6.20 Å². The second-order valence-corrected chi connectivity index (χ2v) is 7.45. The van der Waals surface area contributed by atoms with E-state index in [0.717, 1.165) is 18.4 Å². The van der Waals surface area contributed by atoms with E-state index in [4.69, 9.17) is 0 Å². The number of fused-ring (bicyclic) bond motifs is 1. The second kappa shape index (κ2) is 5.36. The highest BCUT2D eigenvalue weighted by molar-refractivity contribution is 5.48. The van der Waals surface area contributed by atoms with E-state index in [-0.39, 0.29) is 5.54 Å². The number of rotatable bonds is 3. The van der Waals surface area contributed by atoms with Gasteiger partial charge in [-0.2, -0.15) is 0 Å². The van der Waals surface area contributed by atoms with E-state index in [1.54, 1.807) is 0 Å². The van der Waals surface area contributed by atoms with E-state index in [2.05, 4.69) is 48.1 Å². The van der Waals surface area contributed by atoms with Gasteiger partial charge in [0, 0.05) is 36.9 Å². The van der Waals surface area contributed by atoms with Crippen LogP contribution in [-0.2, 0) is 6.54 Å². The highest BCUT2D eigenvalue weighted by Crippen LogP contribution is 2.39. The van der Waals surface area contributed by atoms with Gasteiger partial charge in [0.15, 0.2) is 0 Å². The number of aromatic nitrogens is 1. The third-order valence-electron chi connectivity index (χ3n) is 4.70. The number of hydrogen-bond donors (Lipinski definition) is 1. The molecule has 3 heteroatoms. The molecule has 0 radical (unpaired) electrons. The van der Waals surface area contributed by atoms with Gasteiger partial charge < -0.3 is 10.2 Å². The molecule has 110 valence electrons. The van der Waals surface area contributed by atoms with Gasteiger partial charge in [0.05, 0.1) is 0 Å². The fourth-order valence-corrected chi connectivity index (χ4v) is 3.62. The van der Waals surface area contributed by atoms with Crippen LogP contribution in [0.5, 0.6) is 0 Å². The highest BCUT2D eigenvalue weighted by Gasteiger charge is 2.37. The van der Waals surface area contributed by atoms with E-state index in [0.29, 0.717) is 0 Å². The average Bonchev–Trinajstić information content (AvgIpc) is 2.96. The van der Waals surface area contributed by atoms with Crippen molar-refractivity contribution in [2.45, 2.75) is 52.1 Å². The van der Waals surface area contributed by atoms with Crippen LogP contribution in [0.2, 0.25) is 0 Å². The molecule has 3 nitrogen and oxygen atoms in total. The van der Waals surface area contributed by atoms with Crippen LogP contribution in [0.25, 0.3) is 0 Å². The number of pyridine rings is 1. The lowest BCUT2D eigenvalue weighted by atomic mass is 10.0. The fraction of sp³-hybridized carbons (Fsp3) is 0.706. The molecule has 2 unspecified atom stereocenters. The Bertz CT molecular complexity index is 452. The van der Waals surface area contributed by atoms with Crippen molar-refractivity contribution in [2.75, 3.05) is 18.0 Å². The maximum Gasteiger partial charge on any atom is 0.133 e. The fourth-order valence-electron chi connectivity index (χ4n) is 3.62. The summed E-state index contributed by atoms with van der Waals surface area (Å²) >= 11 is 0. The molecule has 0 bridgehead atoms. The Morgan fingerprint density at radius 1 is 1.25 bits per heavy atom. The molecule has 0 aromatic carbocycles. The molecule has 1 aliphatic carbocycles. The minimum absolute atomic E-state index is 0.147. The van der Waals surface area contributed by atoms with Gasteiger partial charge in [0.2, 0.25) is 0 Å². The van der Waals surface area contributed by atoms with Crippen molar-refractivity contribution in [1.82, 2.24) is 10.3 Å². The van der Waals surface area contributed by atoms with Crippen molar-refractivity contribution < 1.29 is 0 Å². The zero-order chi connectivity index (χ0) is 14.2. The van der Waals surface area contributed by atoms with Gasteiger partial charge in [-0.25, -0.2) is 4.98 Å². The summed E-state index contributed by atoms with van der Waals surface area (Å²) in [7, 11) is 0. The summed E-state index contributed by atoms with van der Waals surface area (Å²) in [6.45, 7) is 9.96. The van der Waals surface area contributed by atoms with Crippen molar-refractivity contribution >= 4 is 5.82 Å². The smallest absolute Gasteiger partial charge is 0.133 e. The molecule has 0 amide bonds. The van der Waals surface area contributed by atoms with E-state index >= 15 is 0 Å². The minimum atomic E-state index is 0.147. The minimum Gasteiger partial charge on any atom is -0.356 e. The Kier molecular flexibility index (Phi) is 3.72. The number of nitrogens with zero attached hydrogens (tertiary/aromatic N) is 2. The monoisotopic (exact) mass is 273 g/mol. The van der Waals surface area contributed by atoms with Crippen LogP contribution in [0.1, 0.15) is 45.6 Å². The standard InChI is InChI=1S/C17H27N3/c1-17(2,3)19-10-13-8-5-9-18-16(13)20-11-14-6-4-7-15(14)12-20/h5,8-9,14-15,19H,4,6-7,10-12H2,1-3H3. The summed E-state index contributed by atoms with van der Waals surface area (Å²) < 4.78 is 0. The third kappa shape index (κ3) is 2.98. The molecule has 1 aromatic rings. The second-order valence-electron chi connectivity index (χ2n) is 7.45. The van der Waals surface area contributed by atoms with Gasteiger partial charge >= 0.3 is 0 Å². The lowest BCUT2D eigenvalue weighted by Gasteiger charge is -2.25. The van der Waals surface area contributed by atoms with Gasteiger partial charge in [0.1, 0.15) is 5.82 Å². The van der Waals surface area contributed by atoms with Gasteiger partial charge in [-0.3, -0.25) is 0 Å². The first-order valence-corrected chi connectivity index (χ1v) is 7.97. The Balaban J connectivity index is 1.73. The van der Waals surface area contributed by atoms with Crippen molar-refractivity contribution in [3.8, 4) is 0 Å². The molecule has 2 fully saturated rings. The Morgan fingerprint density at radius 2 is 1.95 bits per heavy atom. The zero-order valence-corrected chi connectivity index (χ0v) is 13.0. The van der Waals surface area contributed by atoms with Gasteiger partial charge in [-0.1, -0.05) is 12.5 Å².